The molecule has 2 aliphatic rings. The topological polar surface area (TPSA) is 55.4 Å². The zero-order valence-electron chi connectivity index (χ0n) is 13.7. The minimum Gasteiger partial charge on any atom is -0.465 e. The number of ketones is 1. The van der Waals surface area contributed by atoms with Crippen molar-refractivity contribution in [3.8, 4) is 0 Å². The van der Waals surface area contributed by atoms with Gasteiger partial charge >= 0.3 is 5.97 Å². The normalized spacial score (nSPS) is 22.2. The molecule has 0 amide bonds. The number of allylic oxidation sites excluding steroid dienone is 1. The molecule has 0 bridgehead atoms. The minimum atomic E-state index is -0.638. The van der Waals surface area contributed by atoms with Crippen LogP contribution in [0.15, 0.2) is 29.8 Å². The number of ether oxygens (including phenoxy) is 1. The van der Waals surface area contributed by atoms with E-state index in [2.05, 4.69) is 23.5 Å². The summed E-state index contributed by atoms with van der Waals surface area (Å²) in [5.74, 6) is -0.935. The number of benzene rings is 1. The maximum absolute atomic E-state index is 12.8. The van der Waals surface area contributed by atoms with E-state index >= 15 is 0 Å². The summed E-state index contributed by atoms with van der Waals surface area (Å²) in [5, 5.41) is 3.03. The maximum Gasteiger partial charge on any atom is 0.324 e. The molecule has 126 valence electrons. The Morgan fingerprint density at radius 3 is 2.88 bits per heavy atom. The molecule has 1 aliphatic heterocycles. The third-order valence-electron chi connectivity index (χ3n) is 4.46. The highest BCUT2D eigenvalue weighted by Gasteiger charge is 2.42. The molecular formula is C19H21NO3S. The number of rotatable bonds is 6. The smallest absolute Gasteiger partial charge is 0.324 e. The molecule has 1 N–H and O–H groups in total. The number of esters is 1. The van der Waals surface area contributed by atoms with Gasteiger partial charge in [-0.3, -0.25) is 14.9 Å². The Morgan fingerprint density at radius 1 is 1.33 bits per heavy atom. The summed E-state index contributed by atoms with van der Waals surface area (Å²) in [6, 6.07) is 7.50. The Morgan fingerprint density at radius 2 is 2.12 bits per heavy atom. The largest absolute Gasteiger partial charge is 0.465 e. The van der Waals surface area contributed by atoms with Crippen molar-refractivity contribution in [3.63, 3.8) is 0 Å². The molecular weight excluding hydrogens is 322 g/mol. The standard InChI is InChI=1S/C19H21NO3S/c1-2-7-23-19(22)18-17(16(24)11-20-18)15(21)10-12-8-13-5-3-4-6-14(13)9-12/h3-6,8,17-18,20H,2,7,9-11H2,1H3/t17?,18-/m0/s1. The van der Waals surface area contributed by atoms with E-state index in [1.54, 1.807) is 0 Å². The molecule has 1 aliphatic carbocycles. The van der Waals surface area contributed by atoms with Gasteiger partial charge in [0.05, 0.1) is 12.5 Å². The van der Waals surface area contributed by atoms with E-state index in [1.165, 1.54) is 11.1 Å². The number of nitrogens with one attached hydrogen (secondary N) is 1. The van der Waals surface area contributed by atoms with Gasteiger partial charge < -0.3 is 4.74 Å². The van der Waals surface area contributed by atoms with Crippen LogP contribution in [0, 0.1) is 5.92 Å². The van der Waals surface area contributed by atoms with Gasteiger partial charge in [-0.15, -0.1) is 0 Å². The summed E-state index contributed by atoms with van der Waals surface area (Å²) in [6.07, 6.45) is 3.95. The van der Waals surface area contributed by atoms with E-state index in [-0.39, 0.29) is 11.8 Å². The minimum absolute atomic E-state index is 0.00232. The van der Waals surface area contributed by atoms with Crippen LogP contribution >= 0.6 is 12.2 Å². The monoisotopic (exact) mass is 343 g/mol. The molecule has 2 atom stereocenters. The number of thiocarbonyl (C=S) groups is 1. The lowest BCUT2D eigenvalue weighted by Gasteiger charge is -2.17. The second-order valence-corrected chi connectivity index (χ2v) is 6.82. The number of fused-ring (bicyclic) bond motifs is 1. The number of Topliss-reactive ketones (excluding diaryl/α,β-unsaturated/α-hetero) is 1. The highest BCUT2D eigenvalue weighted by atomic mass is 32.1. The fourth-order valence-electron chi connectivity index (χ4n) is 3.30. The van der Waals surface area contributed by atoms with Crippen LogP contribution in [0.5, 0.6) is 0 Å². The lowest BCUT2D eigenvalue weighted by molar-refractivity contribution is -0.148. The summed E-state index contributed by atoms with van der Waals surface area (Å²) >= 11 is 5.33. The first kappa shape index (κ1) is 17.0. The number of hydrogen-bond donors (Lipinski definition) is 1. The molecule has 24 heavy (non-hydrogen) atoms. The molecule has 0 saturated carbocycles. The van der Waals surface area contributed by atoms with Crippen LogP contribution in [0.1, 0.15) is 30.9 Å². The third kappa shape index (κ3) is 3.47. The molecule has 1 unspecified atom stereocenters. The van der Waals surface area contributed by atoms with Crippen molar-refractivity contribution in [2.24, 2.45) is 5.92 Å². The first-order valence-electron chi connectivity index (χ1n) is 8.33. The van der Waals surface area contributed by atoms with E-state index in [1.807, 2.05) is 19.1 Å². The molecule has 1 fully saturated rings. The van der Waals surface area contributed by atoms with E-state index < -0.39 is 12.0 Å². The number of carbonyl (C=O) groups is 2. The van der Waals surface area contributed by atoms with Crippen LogP contribution in [-0.2, 0) is 20.7 Å². The first-order chi connectivity index (χ1) is 11.6. The molecule has 3 rings (SSSR count). The Bertz CT molecular complexity index is 710. The van der Waals surface area contributed by atoms with E-state index in [9.17, 15) is 9.59 Å². The van der Waals surface area contributed by atoms with Crippen molar-refractivity contribution < 1.29 is 14.3 Å². The average Bonchev–Trinajstić information content (AvgIpc) is 3.15. The molecule has 0 aromatic heterocycles. The quantitative estimate of drug-likeness (QED) is 0.635. The van der Waals surface area contributed by atoms with Crippen LogP contribution in [0.4, 0.5) is 0 Å². The molecule has 0 radical (unpaired) electrons. The van der Waals surface area contributed by atoms with Crippen molar-refractivity contribution in [2.75, 3.05) is 13.2 Å². The third-order valence-corrected chi connectivity index (χ3v) is 4.86. The lowest BCUT2D eigenvalue weighted by atomic mass is 9.91. The predicted octanol–water partition coefficient (Wildman–Crippen LogP) is 2.50. The molecule has 1 saturated heterocycles. The van der Waals surface area contributed by atoms with Crippen LogP contribution < -0.4 is 5.32 Å². The van der Waals surface area contributed by atoms with Crippen LogP contribution in [-0.4, -0.2) is 35.8 Å². The van der Waals surface area contributed by atoms with Gasteiger partial charge in [0.2, 0.25) is 0 Å². The van der Waals surface area contributed by atoms with Crippen molar-refractivity contribution in [1.29, 1.82) is 0 Å². The Kier molecular flexibility index (Phi) is 5.21. The Hall–Kier alpha value is -1.85. The van der Waals surface area contributed by atoms with Crippen LogP contribution in [0.25, 0.3) is 6.08 Å². The fraction of sp³-hybridized carbons (Fsp3) is 0.421. The highest BCUT2D eigenvalue weighted by molar-refractivity contribution is 7.80. The van der Waals surface area contributed by atoms with Gasteiger partial charge in [0.25, 0.3) is 0 Å². The molecule has 1 aromatic carbocycles. The summed E-state index contributed by atoms with van der Waals surface area (Å²) in [4.78, 5) is 25.6. The number of carbonyl (C=O) groups excluding carboxylic acids is 2. The molecule has 1 aromatic rings. The summed E-state index contributed by atoms with van der Waals surface area (Å²) in [7, 11) is 0. The van der Waals surface area contributed by atoms with Crippen molar-refractivity contribution in [1.82, 2.24) is 5.32 Å². The van der Waals surface area contributed by atoms with E-state index in [0.29, 0.717) is 24.4 Å². The summed E-state index contributed by atoms with van der Waals surface area (Å²) in [6.45, 7) is 2.72. The SMILES string of the molecule is CCCOC(=O)[C@H]1NCC(=S)C1C(=O)CC1=Cc2ccccc2C1. The number of hydrogen-bond acceptors (Lipinski definition) is 5. The first-order valence-corrected chi connectivity index (χ1v) is 8.73. The van der Waals surface area contributed by atoms with E-state index in [4.69, 9.17) is 17.0 Å². The second kappa shape index (κ2) is 7.36. The van der Waals surface area contributed by atoms with Crippen LogP contribution in [0.2, 0.25) is 0 Å². The molecule has 4 nitrogen and oxygen atoms in total. The van der Waals surface area contributed by atoms with Crippen molar-refractivity contribution in [2.45, 2.75) is 32.2 Å². The predicted molar refractivity (Wildman–Crippen MR) is 96.9 cm³/mol. The molecule has 5 heteroatoms. The van der Waals surface area contributed by atoms with Gasteiger partial charge in [-0.2, -0.15) is 0 Å². The highest BCUT2D eigenvalue weighted by Crippen LogP contribution is 2.29. The Labute approximate surface area is 147 Å². The van der Waals surface area contributed by atoms with Gasteiger partial charge in [0.1, 0.15) is 11.8 Å². The molecule has 0 spiro atoms. The van der Waals surface area contributed by atoms with Gasteiger partial charge in [-0.05, 0) is 24.0 Å². The zero-order valence-corrected chi connectivity index (χ0v) is 14.5. The average molecular weight is 343 g/mol. The fourth-order valence-corrected chi connectivity index (χ4v) is 3.65. The van der Waals surface area contributed by atoms with Gasteiger partial charge in [-0.1, -0.05) is 55.1 Å². The summed E-state index contributed by atoms with van der Waals surface area (Å²) < 4.78 is 5.20. The van der Waals surface area contributed by atoms with Gasteiger partial charge in [-0.25, -0.2) is 0 Å². The molecule has 1 heterocycles. The van der Waals surface area contributed by atoms with E-state index in [0.717, 1.165) is 18.4 Å². The Balaban J connectivity index is 1.67. The second-order valence-electron chi connectivity index (χ2n) is 6.29. The van der Waals surface area contributed by atoms with Gasteiger partial charge in [0, 0.05) is 17.8 Å². The van der Waals surface area contributed by atoms with Gasteiger partial charge in [0.15, 0.2) is 0 Å². The summed E-state index contributed by atoms with van der Waals surface area (Å²) in [5.41, 5.74) is 3.49. The maximum atomic E-state index is 12.8. The van der Waals surface area contributed by atoms with Crippen molar-refractivity contribution in [3.05, 3.63) is 41.0 Å². The zero-order chi connectivity index (χ0) is 17.1. The van der Waals surface area contributed by atoms with Crippen LogP contribution in [0.3, 0.4) is 0 Å². The lowest BCUT2D eigenvalue weighted by Crippen LogP contribution is -2.41. The van der Waals surface area contributed by atoms with Crippen molar-refractivity contribution >= 4 is 34.9 Å².